The lowest BCUT2D eigenvalue weighted by Crippen LogP contribution is -2.29. The molecule has 1 atom stereocenters. The molecule has 146 valence electrons. The number of ether oxygens (including phenoxy) is 2. The molecular formula is C23H31NO3. The van der Waals surface area contributed by atoms with Crippen molar-refractivity contribution in [3.63, 3.8) is 0 Å². The lowest BCUT2D eigenvalue weighted by Gasteiger charge is -2.23. The lowest BCUT2D eigenvalue weighted by atomic mass is 9.97. The largest absolute Gasteiger partial charge is 0.489 e. The van der Waals surface area contributed by atoms with Gasteiger partial charge in [-0.2, -0.15) is 0 Å². The number of hydrogen-bond donors (Lipinski definition) is 0. The summed E-state index contributed by atoms with van der Waals surface area (Å²) in [6.45, 7) is 7.70. The minimum Gasteiger partial charge on any atom is -0.489 e. The van der Waals surface area contributed by atoms with Crippen LogP contribution in [0.25, 0.3) is 0 Å². The first-order valence-corrected chi connectivity index (χ1v) is 9.33. The van der Waals surface area contributed by atoms with Gasteiger partial charge in [-0.05, 0) is 42.8 Å². The van der Waals surface area contributed by atoms with Gasteiger partial charge in [0.1, 0.15) is 12.4 Å². The van der Waals surface area contributed by atoms with E-state index in [2.05, 4.69) is 20.8 Å². The number of benzene rings is 2. The monoisotopic (exact) mass is 369 g/mol. The highest BCUT2D eigenvalue weighted by atomic mass is 16.5. The van der Waals surface area contributed by atoms with E-state index in [9.17, 15) is 4.79 Å². The average molecular weight is 370 g/mol. The van der Waals surface area contributed by atoms with Crippen molar-refractivity contribution in [2.75, 3.05) is 27.2 Å². The van der Waals surface area contributed by atoms with Crippen molar-refractivity contribution in [3.8, 4) is 5.75 Å². The van der Waals surface area contributed by atoms with Crippen LogP contribution in [0.15, 0.2) is 54.6 Å². The van der Waals surface area contributed by atoms with E-state index in [1.165, 1.54) is 0 Å². The van der Waals surface area contributed by atoms with Gasteiger partial charge in [-0.1, -0.05) is 63.2 Å². The summed E-state index contributed by atoms with van der Waals surface area (Å²) in [5.74, 6) is 0.288. The third kappa shape index (κ3) is 7.43. The molecule has 0 saturated carbocycles. The molecular weight excluding hydrogens is 338 g/mol. The number of hydrogen-bond acceptors (Lipinski definition) is 4. The molecule has 0 aliphatic carbocycles. The zero-order valence-corrected chi connectivity index (χ0v) is 17.1. The molecule has 2 rings (SSSR count). The Balaban J connectivity index is 2.03. The van der Waals surface area contributed by atoms with Crippen LogP contribution in [0.3, 0.4) is 0 Å². The first-order chi connectivity index (χ1) is 12.7. The van der Waals surface area contributed by atoms with Crippen molar-refractivity contribution in [3.05, 3.63) is 65.7 Å². The summed E-state index contributed by atoms with van der Waals surface area (Å²) in [5.41, 5.74) is 2.01. The van der Waals surface area contributed by atoms with Crippen molar-refractivity contribution >= 4 is 5.97 Å². The number of esters is 1. The van der Waals surface area contributed by atoms with E-state index in [0.29, 0.717) is 19.8 Å². The first-order valence-electron chi connectivity index (χ1n) is 9.33. The number of nitrogens with zero attached hydrogens (tertiary/aromatic N) is 1. The molecule has 0 saturated heterocycles. The Bertz CT molecular complexity index is 703. The Kier molecular flexibility index (Phi) is 7.43. The summed E-state index contributed by atoms with van der Waals surface area (Å²) in [6.07, 6.45) is 0. The SMILES string of the molecule is CN(C)CC(C(=O)OCC(C)(C)C)c1ccc(OCc2ccccc2)cc1. The minimum absolute atomic E-state index is 0.0482. The molecule has 2 aromatic rings. The third-order valence-corrected chi connectivity index (χ3v) is 4.01. The second-order valence-electron chi connectivity index (χ2n) is 8.33. The van der Waals surface area contributed by atoms with E-state index in [1.54, 1.807) is 0 Å². The number of rotatable bonds is 8. The molecule has 0 N–H and O–H groups in total. The van der Waals surface area contributed by atoms with Crippen LogP contribution in [0, 0.1) is 5.41 Å². The van der Waals surface area contributed by atoms with E-state index in [0.717, 1.165) is 16.9 Å². The van der Waals surface area contributed by atoms with E-state index < -0.39 is 0 Å². The van der Waals surface area contributed by atoms with Gasteiger partial charge in [0.25, 0.3) is 0 Å². The van der Waals surface area contributed by atoms with Crippen molar-refractivity contribution in [2.24, 2.45) is 5.41 Å². The highest BCUT2D eigenvalue weighted by Crippen LogP contribution is 2.24. The summed E-state index contributed by atoms with van der Waals surface area (Å²) in [5, 5.41) is 0. The molecule has 4 heteroatoms. The van der Waals surface area contributed by atoms with Crippen LogP contribution in [0.2, 0.25) is 0 Å². The fourth-order valence-corrected chi connectivity index (χ4v) is 2.61. The zero-order valence-electron chi connectivity index (χ0n) is 17.1. The van der Waals surface area contributed by atoms with Crippen LogP contribution in [0.1, 0.15) is 37.8 Å². The standard InChI is InChI=1S/C23H31NO3/c1-23(2,3)17-27-22(25)21(15-24(4)5)19-11-13-20(14-12-19)26-16-18-9-7-6-8-10-18/h6-14,21H,15-17H2,1-5H3. The van der Waals surface area contributed by atoms with Gasteiger partial charge in [-0.25, -0.2) is 0 Å². The van der Waals surface area contributed by atoms with Crippen LogP contribution < -0.4 is 4.74 Å². The summed E-state index contributed by atoms with van der Waals surface area (Å²) in [4.78, 5) is 14.6. The normalized spacial score (nSPS) is 12.7. The molecule has 0 radical (unpaired) electrons. The number of likely N-dealkylation sites (N-methyl/N-ethyl adjacent to an activating group) is 1. The molecule has 0 heterocycles. The van der Waals surface area contributed by atoms with Gasteiger partial charge in [0.15, 0.2) is 0 Å². The van der Waals surface area contributed by atoms with E-state index in [4.69, 9.17) is 9.47 Å². The Labute approximate surface area is 163 Å². The number of carbonyl (C=O) groups excluding carboxylic acids is 1. The zero-order chi connectivity index (χ0) is 19.9. The molecule has 0 aromatic heterocycles. The molecule has 2 aromatic carbocycles. The van der Waals surface area contributed by atoms with Gasteiger partial charge in [0, 0.05) is 6.54 Å². The van der Waals surface area contributed by atoms with Crippen LogP contribution in [-0.4, -0.2) is 38.1 Å². The van der Waals surface area contributed by atoms with Gasteiger partial charge in [0.05, 0.1) is 12.5 Å². The molecule has 0 aliphatic rings. The summed E-state index contributed by atoms with van der Waals surface area (Å²) >= 11 is 0. The maximum atomic E-state index is 12.6. The van der Waals surface area contributed by atoms with Gasteiger partial charge in [-0.3, -0.25) is 4.79 Å². The minimum atomic E-state index is -0.314. The molecule has 0 aliphatic heterocycles. The van der Waals surface area contributed by atoms with Crippen LogP contribution >= 0.6 is 0 Å². The highest BCUT2D eigenvalue weighted by Gasteiger charge is 2.25. The summed E-state index contributed by atoms with van der Waals surface area (Å²) in [6, 6.07) is 17.8. The second kappa shape index (κ2) is 9.56. The third-order valence-electron chi connectivity index (χ3n) is 4.01. The van der Waals surface area contributed by atoms with Gasteiger partial charge < -0.3 is 14.4 Å². The maximum Gasteiger partial charge on any atom is 0.314 e. The molecule has 27 heavy (non-hydrogen) atoms. The van der Waals surface area contributed by atoms with Gasteiger partial charge in [-0.15, -0.1) is 0 Å². The van der Waals surface area contributed by atoms with Crippen LogP contribution in [0.5, 0.6) is 5.75 Å². The maximum absolute atomic E-state index is 12.6. The van der Waals surface area contributed by atoms with Crippen molar-refractivity contribution in [2.45, 2.75) is 33.3 Å². The molecule has 0 amide bonds. The molecule has 4 nitrogen and oxygen atoms in total. The average Bonchev–Trinajstić information content (AvgIpc) is 2.63. The Hall–Kier alpha value is -2.33. The molecule has 0 spiro atoms. The highest BCUT2D eigenvalue weighted by molar-refractivity contribution is 5.78. The van der Waals surface area contributed by atoms with Crippen molar-refractivity contribution < 1.29 is 14.3 Å². The predicted octanol–water partition coefficient (Wildman–Crippen LogP) is 4.50. The molecule has 0 fully saturated rings. The Morgan fingerprint density at radius 3 is 2.19 bits per heavy atom. The van der Waals surface area contributed by atoms with Crippen molar-refractivity contribution in [1.82, 2.24) is 4.90 Å². The van der Waals surface area contributed by atoms with E-state index >= 15 is 0 Å². The lowest BCUT2D eigenvalue weighted by molar-refractivity contribution is -0.148. The molecule has 1 unspecified atom stereocenters. The smallest absolute Gasteiger partial charge is 0.314 e. The number of carbonyl (C=O) groups is 1. The molecule has 0 bridgehead atoms. The van der Waals surface area contributed by atoms with Gasteiger partial charge in [0.2, 0.25) is 0 Å². The first kappa shape index (κ1) is 21.0. The quantitative estimate of drug-likeness (QED) is 0.642. The predicted molar refractivity (Wildman–Crippen MR) is 109 cm³/mol. The van der Waals surface area contributed by atoms with Crippen molar-refractivity contribution in [1.29, 1.82) is 0 Å². The van der Waals surface area contributed by atoms with Crippen LogP contribution in [0.4, 0.5) is 0 Å². The Morgan fingerprint density at radius 1 is 1.00 bits per heavy atom. The van der Waals surface area contributed by atoms with E-state index in [1.807, 2.05) is 73.6 Å². The second-order valence-corrected chi connectivity index (χ2v) is 8.33. The fourth-order valence-electron chi connectivity index (χ4n) is 2.61. The van der Waals surface area contributed by atoms with Gasteiger partial charge >= 0.3 is 5.97 Å². The van der Waals surface area contributed by atoms with Crippen LogP contribution in [-0.2, 0) is 16.1 Å². The topological polar surface area (TPSA) is 38.8 Å². The fraction of sp³-hybridized carbons (Fsp3) is 0.435. The summed E-state index contributed by atoms with van der Waals surface area (Å²) < 4.78 is 11.4. The Morgan fingerprint density at radius 2 is 1.63 bits per heavy atom. The summed E-state index contributed by atoms with van der Waals surface area (Å²) in [7, 11) is 3.92. The van der Waals surface area contributed by atoms with E-state index in [-0.39, 0.29) is 17.3 Å².